The van der Waals surface area contributed by atoms with E-state index in [-0.39, 0.29) is 11.5 Å². The second-order valence-corrected chi connectivity index (χ2v) is 6.76. The van der Waals surface area contributed by atoms with Crippen LogP contribution in [0.2, 0.25) is 0 Å². The Morgan fingerprint density at radius 3 is 2.56 bits per heavy atom. The number of rotatable bonds is 1. The number of hydrogen-bond acceptors (Lipinski definition) is 5. The molecule has 2 aliphatic rings. The fourth-order valence-electron chi connectivity index (χ4n) is 2.59. The van der Waals surface area contributed by atoms with Gasteiger partial charge in [0.1, 0.15) is 5.54 Å². The largest absolute Gasteiger partial charge is 0.314 e. The Kier molecular flexibility index (Phi) is 3.19. The molecule has 2 heterocycles. The zero-order chi connectivity index (χ0) is 11.6. The average Bonchev–Trinajstić information content (AvgIpc) is 2.29. The second-order valence-electron chi connectivity index (χ2n) is 4.58. The Bertz CT molecular complexity index is 395. The van der Waals surface area contributed by atoms with Crippen molar-refractivity contribution in [1.82, 2.24) is 10.2 Å². The third kappa shape index (κ3) is 2.21. The summed E-state index contributed by atoms with van der Waals surface area (Å²) in [4.78, 5) is 2.04. The molecule has 0 spiro atoms. The van der Waals surface area contributed by atoms with Crippen molar-refractivity contribution in [2.75, 3.05) is 37.7 Å². The van der Waals surface area contributed by atoms with Gasteiger partial charge in [0.05, 0.1) is 17.6 Å². The molecule has 1 unspecified atom stereocenters. The Balaban J connectivity index is 2.21. The van der Waals surface area contributed by atoms with Crippen molar-refractivity contribution < 1.29 is 8.42 Å². The smallest absolute Gasteiger partial charge is 0.153 e. The van der Waals surface area contributed by atoms with Gasteiger partial charge in [-0.1, -0.05) is 0 Å². The number of nitriles is 1. The molecule has 0 bridgehead atoms. The van der Waals surface area contributed by atoms with Crippen molar-refractivity contribution in [3.63, 3.8) is 0 Å². The summed E-state index contributed by atoms with van der Waals surface area (Å²) in [5.41, 5.74) is -0.765. The Labute approximate surface area is 96.3 Å². The Hall–Kier alpha value is -0.640. The third-order valence-electron chi connectivity index (χ3n) is 3.43. The summed E-state index contributed by atoms with van der Waals surface area (Å²) in [5, 5.41) is 12.6. The number of nitrogens with one attached hydrogen (secondary N) is 1. The highest BCUT2D eigenvalue weighted by Gasteiger charge is 2.44. The minimum Gasteiger partial charge on any atom is -0.314 e. The molecule has 5 nitrogen and oxygen atoms in total. The molecule has 2 saturated heterocycles. The first-order valence-corrected chi connectivity index (χ1v) is 7.48. The van der Waals surface area contributed by atoms with Gasteiger partial charge in [0.15, 0.2) is 9.84 Å². The summed E-state index contributed by atoms with van der Waals surface area (Å²) in [6.07, 6.45) is 1.29. The van der Waals surface area contributed by atoms with Gasteiger partial charge in [0.2, 0.25) is 0 Å². The predicted molar refractivity (Wildman–Crippen MR) is 60.7 cm³/mol. The second kappa shape index (κ2) is 4.32. The van der Waals surface area contributed by atoms with Gasteiger partial charge in [-0.25, -0.2) is 8.42 Å². The van der Waals surface area contributed by atoms with E-state index in [4.69, 9.17) is 0 Å². The highest BCUT2D eigenvalue weighted by atomic mass is 32.2. The highest BCUT2D eigenvalue weighted by molar-refractivity contribution is 7.91. The van der Waals surface area contributed by atoms with Gasteiger partial charge in [-0.05, 0) is 12.8 Å². The molecular weight excluding hydrogens is 226 g/mol. The lowest BCUT2D eigenvalue weighted by molar-refractivity contribution is 0.123. The lowest BCUT2D eigenvalue weighted by atomic mass is 9.94. The lowest BCUT2D eigenvalue weighted by Crippen LogP contribution is -2.60. The van der Waals surface area contributed by atoms with Crippen LogP contribution >= 0.6 is 0 Å². The molecule has 0 aromatic rings. The van der Waals surface area contributed by atoms with Crippen LogP contribution in [0.3, 0.4) is 0 Å². The molecule has 0 aliphatic carbocycles. The van der Waals surface area contributed by atoms with Gasteiger partial charge in [0, 0.05) is 26.2 Å². The van der Waals surface area contributed by atoms with E-state index in [0.717, 1.165) is 26.2 Å². The summed E-state index contributed by atoms with van der Waals surface area (Å²) in [7, 11) is -3.04. The molecule has 0 aromatic heterocycles. The van der Waals surface area contributed by atoms with Gasteiger partial charge in [-0.2, -0.15) is 5.26 Å². The summed E-state index contributed by atoms with van der Waals surface area (Å²) >= 11 is 0. The van der Waals surface area contributed by atoms with Gasteiger partial charge in [-0.3, -0.25) is 4.90 Å². The molecule has 0 radical (unpaired) electrons. The van der Waals surface area contributed by atoms with E-state index >= 15 is 0 Å². The molecule has 1 atom stereocenters. The van der Waals surface area contributed by atoms with Crippen molar-refractivity contribution in [2.45, 2.75) is 18.4 Å². The van der Waals surface area contributed by atoms with E-state index in [9.17, 15) is 13.7 Å². The zero-order valence-corrected chi connectivity index (χ0v) is 10.1. The van der Waals surface area contributed by atoms with Gasteiger partial charge in [0.25, 0.3) is 0 Å². The number of sulfone groups is 1. The molecule has 90 valence electrons. The summed E-state index contributed by atoms with van der Waals surface area (Å²) < 4.78 is 23.3. The van der Waals surface area contributed by atoms with Crippen molar-refractivity contribution in [1.29, 1.82) is 5.26 Å². The van der Waals surface area contributed by atoms with Crippen molar-refractivity contribution in [3.8, 4) is 6.07 Å². The number of hydrogen-bond donors (Lipinski definition) is 1. The molecule has 0 aromatic carbocycles. The maximum atomic E-state index is 11.7. The maximum absolute atomic E-state index is 11.7. The van der Waals surface area contributed by atoms with Gasteiger partial charge >= 0.3 is 0 Å². The van der Waals surface area contributed by atoms with Crippen LogP contribution in [0.25, 0.3) is 0 Å². The molecule has 1 N–H and O–H groups in total. The maximum Gasteiger partial charge on any atom is 0.153 e. The molecule has 2 rings (SSSR count). The predicted octanol–water partition coefficient (Wildman–Crippen LogP) is -0.637. The van der Waals surface area contributed by atoms with Crippen molar-refractivity contribution >= 4 is 9.84 Å². The molecule has 6 heteroatoms. The van der Waals surface area contributed by atoms with E-state index in [1.54, 1.807) is 0 Å². The van der Waals surface area contributed by atoms with Crippen LogP contribution < -0.4 is 5.32 Å². The third-order valence-corrected chi connectivity index (χ3v) is 5.26. The minimum absolute atomic E-state index is 0.0104. The molecule has 2 fully saturated rings. The van der Waals surface area contributed by atoms with E-state index in [2.05, 4.69) is 11.4 Å². The first-order valence-electron chi connectivity index (χ1n) is 5.65. The summed E-state index contributed by atoms with van der Waals surface area (Å²) in [6, 6.07) is 2.26. The zero-order valence-electron chi connectivity index (χ0n) is 9.28. The Morgan fingerprint density at radius 2 is 2.00 bits per heavy atom. The fraction of sp³-hybridized carbons (Fsp3) is 0.900. The van der Waals surface area contributed by atoms with Gasteiger partial charge < -0.3 is 5.32 Å². The fourth-order valence-corrected chi connectivity index (χ4v) is 4.44. The standard InChI is InChI=1S/C10H17N3O2S/c11-8-10(13-5-3-12-4-6-13)2-1-7-16(14,15)9-10/h12H,1-7,9H2. The van der Waals surface area contributed by atoms with E-state index in [1.165, 1.54) is 0 Å². The van der Waals surface area contributed by atoms with E-state index in [0.29, 0.717) is 12.8 Å². The average molecular weight is 243 g/mol. The van der Waals surface area contributed by atoms with Crippen LogP contribution in [-0.2, 0) is 9.84 Å². The monoisotopic (exact) mass is 243 g/mol. The lowest BCUT2D eigenvalue weighted by Gasteiger charge is -2.42. The van der Waals surface area contributed by atoms with E-state index < -0.39 is 15.4 Å². The first-order chi connectivity index (χ1) is 7.58. The number of nitrogens with zero attached hydrogens (tertiary/aromatic N) is 2. The van der Waals surface area contributed by atoms with E-state index in [1.807, 2.05) is 4.90 Å². The van der Waals surface area contributed by atoms with Crippen LogP contribution in [0.4, 0.5) is 0 Å². The minimum atomic E-state index is -3.04. The van der Waals surface area contributed by atoms with Crippen LogP contribution in [0.5, 0.6) is 0 Å². The highest BCUT2D eigenvalue weighted by Crippen LogP contribution is 2.28. The quantitative estimate of drug-likeness (QED) is 0.663. The number of piperazine rings is 1. The van der Waals surface area contributed by atoms with Crippen LogP contribution in [0.1, 0.15) is 12.8 Å². The van der Waals surface area contributed by atoms with Crippen LogP contribution in [0, 0.1) is 11.3 Å². The molecule has 16 heavy (non-hydrogen) atoms. The van der Waals surface area contributed by atoms with Crippen molar-refractivity contribution in [3.05, 3.63) is 0 Å². The van der Waals surface area contributed by atoms with Crippen LogP contribution in [0.15, 0.2) is 0 Å². The van der Waals surface area contributed by atoms with Crippen LogP contribution in [-0.4, -0.2) is 56.5 Å². The van der Waals surface area contributed by atoms with Crippen molar-refractivity contribution in [2.24, 2.45) is 0 Å². The molecular formula is C10H17N3O2S. The molecule has 0 saturated carbocycles. The SMILES string of the molecule is N#CC1(N2CCNCC2)CCCS(=O)(=O)C1. The topological polar surface area (TPSA) is 73.2 Å². The van der Waals surface area contributed by atoms with Gasteiger partial charge in [-0.15, -0.1) is 0 Å². The normalized spacial score (nSPS) is 35.4. The Morgan fingerprint density at radius 1 is 1.31 bits per heavy atom. The molecule has 0 amide bonds. The molecule has 2 aliphatic heterocycles. The summed E-state index contributed by atoms with van der Waals surface area (Å²) in [5.74, 6) is 0.249. The summed E-state index contributed by atoms with van der Waals surface area (Å²) in [6.45, 7) is 3.21. The first kappa shape index (κ1) is 11.8.